The van der Waals surface area contributed by atoms with Crippen molar-refractivity contribution in [2.75, 3.05) is 17.6 Å². The molecule has 2 heterocycles. The first-order valence-electron chi connectivity index (χ1n) is 8.60. The number of amides is 3. The molecule has 134 valence electrons. The SMILES string of the molecule is CCCNC(=O)c1ccccc1NC(=O)[C@@H]1CS[C@]2(C)CCC(=O)N12. The molecule has 0 radical (unpaired) electrons. The molecule has 0 saturated carbocycles. The molecule has 6 nitrogen and oxygen atoms in total. The minimum Gasteiger partial charge on any atom is -0.352 e. The van der Waals surface area contributed by atoms with Crippen molar-refractivity contribution in [1.82, 2.24) is 10.2 Å². The molecule has 2 N–H and O–H groups in total. The molecule has 2 saturated heterocycles. The molecule has 1 aromatic rings. The van der Waals surface area contributed by atoms with Crippen LogP contribution in [0.25, 0.3) is 0 Å². The highest BCUT2D eigenvalue weighted by Crippen LogP contribution is 2.47. The number of hydrogen-bond acceptors (Lipinski definition) is 4. The number of carbonyl (C=O) groups excluding carboxylic acids is 3. The van der Waals surface area contributed by atoms with E-state index in [-0.39, 0.29) is 22.6 Å². The molecule has 2 aliphatic rings. The summed E-state index contributed by atoms with van der Waals surface area (Å²) in [5.74, 6) is 0.169. The van der Waals surface area contributed by atoms with Gasteiger partial charge >= 0.3 is 0 Å². The van der Waals surface area contributed by atoms with Crippen LogP contribution in [0.15, 0.2) is 24.3 Å². The zero-order valence-corrected chi connectivity index (χ0v) is 15.3. The first-order valence-corrected chi connectivity index (χ1v) is 9.59. The molecule has 0 bridgehead atoms. The summed E-state index contributed by atoms with van der Waals surface area (Å²) in [6, 6.07) is 6.46. The Balaban J connectivity index is 1.76. The summed E-state index contributed by atoms with van der Waals surface area (Å²) in [5.41, 5.74) is 0.914. The van der Waals surface area contributed by atoms with Crippen molar-refractivity contribution in [3.63, 3.8) is 0 Å². The lowest BCUT2D eigenvalue weighted by Crippen LogP contribution is -2.48. The zero-order valence-electron chi connectivity index (χ0n) is 14.5. The summed E-state index contributed by atoms with van der Waals surface area (Å²) in [4.78, 5) is 38.7. The van der Waals surface area contributed by atoms with Crippen LogP contribution in [0.5, 0.6) is 0 Å². The molecule has 1 aromatic carbocycles. The summed E-state index contributed by atoms with van der Waals surface area (Å²) in [6.45, 7) is 4.58. The average molecular weight is 361 g/mol. The van der Waals surface area contributed by atoms with Gasteiger partial charge < -0.3 is 15.5 Å². The van der Waals surface area contributed by atoms with Gasteiger partial charge in [0, 0.05) is 18.7 Å². The van der Waals surface area contributed by atoms with Crippen LogP contribution in [-0.4, -0.2) is 45.8 Å². The van der Waals surface area contributed by atoms with Gasteiger partial charge in [-0.25, -0.2) is 0 Å². The first-order chi connectivity index (χ1) is 12.0. The number of carbonyl (C=O) groups is 3. The van der Waals surface area contributed by atoms with E-state index in [2.05, 4.69) is 10.6 Å². The number of anilines is 1. The number of nitrogens with one attached hydrogen (secondary N) is 2. The van der Waals surface area contributed by atoms with Gasteiger partial charge in [0.05, 0.1) is 16.1 Å². The lowest BCUT2D eigenvalue weighted by atomic mass is 10.1. The molecular weight excluding hydrogens is 338 g/mol. The monoisotopic (exact) mass is 361 g/mol. The topological polar surface area (TPSA) is 78.5 Å². The van der Waals surface area contributed by atoms with Crippen LogP contribution in [0.3, 0.4) is 0 Å². The van der Waals surface area contributed by atoms with E-state index in [9.17, 15) is 14.4 Å². The Morgan fingerprint density at radius 2 is 2.12 bits per heavy atom. The molecule has 3 rings (SSSR count). The fourth-order valence-corrected chi connectivity index (χ4v) is 4.79. The van der Waals surface area contributed by atoms with Crippen LogP contribution in [0.2, 0.25) is 0 Å². The fraction of sp³-hybridized carbons (Fsp3) is 0.500. The molecule has 3 amide bonds. The van der Waals surface area contributed by atoms with E-state index in [4.69, 9.17) is 0 Å². The fourth-order valence-electron chi connectivity index (χ4n) is 3.35. The number of hydrogen-bond donors (Lipinski definition) is 2. The number of benzene rings is 1. The Labute approximate surface area is 151 Å². The lowest BCUT2D eigenvalue weighted by molar-refractivity contribution is -0.135. The predicted octanol–water partition coefficient (Wildman–Crippen LogP) is 2.22. The van der Waals surface area contributed by atoms with Crippen molar-refractivity contribution < 1.29 is 14.4 Å². The number of rotatable bonds is 5. The van der Waals surface area contributed by atoms with E-state index in [1.54, 1.807) is 40.9 Å². The Morgan fingerprint density at radius 3 is 2.88 bits per heavy atom. The van der Waals surface area contributed by atoms with Gasteiger partial charge in [-0.15, -0.1) is 11.8 Å². The van der Waals surface area contributed by atoms with Gasteiger partial charge in [0.2, 0.25) is 11.8 Å². The van der Waals surface area contributed by atoms with Gasteiger partial charge in [0.15, 0.2) is 0 Å². The molecular formula is C18H23N3O3S. The summed E-state index contributed by atoms with van der Waals surface area (Å²) in [5, 5.41) is 5.68. The summed E-state index contributed by atoms with van der Waals surface area (Å²) < 4.78 is 0. The average Bonchev–Trinajstić information content (AvgIpc) is 3.09. The van der Waals surface area contributed by atoms with Crippen molar-refractivity contribution in [3.05, 3.63) is 29.8 Å². The molecule has 0 aromatic heterocycles. The maximum absolute atomic E-state index is 12.8. The molecule has 2 fully saturated rings. The summed E-state index contributed by atoms with van der Waals surface area (Å²) >= 11 is 1.65. The Kier molecular flexibility index (Phi) is 5.03. The normalized spacial score (nSPS) is 25.0. The Bertz CT molecular complexity index is 709. The van der Waals surface area contributed by atoms with E-state index in [1.165, 1.54) is 0 Å². The molecule has 0 spiro atoms. The maximum Gasteiger partial charge on any atom is 0.253 e. The number of thioether (sulfide) groups is 1. The number of nitrogens with zero attached hydrogens (tertiary/aromatic N) is 1. The highest BCUT2D eigenvalue weighted by Gasteiger charge is 2.52. The van der Waals surface area contributed by atoms with E-state index in [1.807, 2.05) is 13.8 Å². The molecule has 7 heteroatoms. The third kappa shape index (κ3) is 3.38. The number of fused-ring (bicyclic) bond motifs is 1. The van der Waals surface area contributed by atoms with Gasteiger partial charge in [-0.05, 0) is 31.9 Å². The highest BCUT2D eigenvalue weighted by atomic mass is 32.2. The van der Waals surface area contributed by atoms with Gasteiger partial charge in [-0.1, -0.05) is 19.1 Å². The second kappa shape index (κ2) is 7.07. The molecule has 2 aliphatic heterocycles. The van der Waals surface area contributed by atoms with Gasteiger partial charge in [0.1, 0.15) is 6.04 Å². The molecule has 25 heavy (non-hydrogen) atoms. The largest absolute Gasteiger partial charge is 0.352 e. The van der Waals surface area contributed by atoms with Crippen molar-refractivity contribution >= 4 is 35.2 Å². The third-order valence-corrected chi connectivity index (χ3v) is 6.22. The molecule has 0 aliphatic carbocycles. The van der Waals surface area contributed by atoms with Gasteiger partial charge in [-0.3, -0.25) is 14.4 Å². The van der Waals surface area contributed by atoms with Crippen LogP contribution in [-0.2, 0) is 9.59 Å². The van der Waals surface area contributed by atoms with E-state index in [0.717, 1.165) is 12.8 Å². The second-order valence-electron chi connectivity index (χ2n) is 6.56. The van der Waals surface area contributed by atoms with Crippen LogP contribution < -0.4 is 10.6 Å². The second-order valence-corrected chi connectivity index (χ2v) is 8.06. The van der Waals surface area contributed by atoms with E-state index < -0.39 is 6.04 Å². The van der Waals surface area contributed by atoms with Crippen LogP contribution in [0, 0.1) is 0 Å². The Morgan fingerprint density at radius 1 is 1.36 bits per heavy atom. The molecule has 2 atom stereocenters. The van der Waals surface area contributed by atoms with Crippen molar-refractivity contribution in [1.29, 1.82) is 0 Å². The van der Waals surface area contributed by atoms with Crippen molar-refractivity contribution in [2.45, 2.75) is 44.0 Å². The molecule has 0 unspecified atom stereocenters. The summed E-state index contributed by atoms with van der Waals surface area (Å²) in [6.07, 6.45) is 2.11. The van der Waals surface area contributed by atoms with Crippen LogP contribution >= 0.6 is 11.8 Å². The van der Waals surface area contributed by atoms with E-state index in [0.29, 0.717) is 30.0 Å². The predicted molar refractivity (Wildman–Crippen MR) is 98.4 cm³/mol. The van der Waals surface area contributed by atoms with Crippen LogP contribution in [0.1, 0.15) is 43.5 Å². The standard InChI is InChI=1S/C18H23N3O3S/c1-3-10-19-16(23)12-6-4-5-7-13(12)20-17(24)14-11-25-18(2)9-8-15(22)21(14)18/h4-7,14H,3,8-11H2,1-2H3,(H,19,23)(H,20,24)/t14-,18+/m0/s1. The minimum absolute atomic E-state index is 0.0293. The van der Waals surface area contributed by atoms with Gasteiger partial charge in [-0.2, -0.15) is 0 Å². The highest BCUT2D eigenvalue weighted by molar-refractivity contribution is 8.01. The smallest absolute Gasteiger partial charge is 0.253 e. The van der Waals surface area contributed by atoms with Crippen LogP contribution in [0.4, 0.5) is 5.69 Å². The zero-order chi connectivity index (χ0) is 18.0. The van der Waals surface area contributed by atoms with Crippen molar-refractivity contribution in [2.24, 2.45) is 0 Å². The minimum atomic E-state index is -0.489. The summed E-state index contributed by atoms with van der Waals surface area (Å²) in [7, 11) is 0. The van der Waals surface area contributed by atoms with Gasteiger partial charge in [0.25, 0.3) is 5.91 Å². The first kappa shape index (κ1) is 17.8. The Hall–Kier alpha value is -2.02. The maximum atomic E-state index is 12.8. The third-order valence-electron chi connectivity index (χ3n) is 4.71. The quantitative estimate of drug-likeness (QED) is 0.843. The van der Waals surface area contributed by atoms with E-state index >= 15 is 0 Å². The number of para-hydroxylation sites is 1. The van der Waals surface area contributed by atoms with Crippen molar-refractivity contribution in [3.8, 4) is 0 Å². The lowest BCUT2D eigenvalue weighted by Gasteiger charge is -2.30.